The largest absolute Gasteiger partial charge is 0.493 e. The van der Waals surface area contributed by atoms with E-state index in [0.29, 0.717) is 23.1 Å². The van der Waals surface area contributed by atoms with Gasteiger partial charge in [-0.2, -0.15) is 5.10 Å². The summed E-state index contributed by atoms with van der Waals surface area (Å²) in [4.78, 5) is 0. The van der Waals surface area contributed by atoms with Crippen molar-refractivity contribution in [3.05, 3.63) is 58.6 Å². The molecule has 7 heteroatoms. The van der Waals surface area contributed by atoms with E-state index in [2.05, 4.69) is 10.2 Å². The Hall–Kier alpha value is -2.73. The molecule has 0 saturated heterocycles. The Kier molecular flexibility index (Phi) is 5.82. The van der Waals surface area contributed by atoms with Crippen LogP contribution in [0.2, 0.25) is 5.02 Å². The molecule has 0 bridgehead atoms. The number of methoxy groups -OCH3 is 1. The summed E-state index contributed by atoms with van der Waals surface area (Å²) in [5, 5.41) is 7.95. The number of benzene rings is 2. The molecule has 23 heavy (non-hydrogen) atoms. The number of rotatable bonds is 6. The van der Waals surface area contributed by atoms with Gasteiger partial charge in [-0.15, -0.1) is 5.10 Å². The van der Waals surface area contributed by atoms with Crippen molar-refractivity contribution in [3.63, 3.8) is 0 Å². The van der Waals surface area contributed by atoms with E-state index in [-0.39, 0.29) is 5.96 Å². The van der Waals surface area contributed by atoms with Crippen LogP contribution in [0.5, 0.6) is 11.5 Å². The molecule has 0 spiro atoms. The molecule has 2 aromatic rings. The molecule has 0 atom stereocenters. The summed E-state index contributed by atoms with van der Waals surface area (Å²) in [5.41, 5.74) is 12.1. The number of guanidine groups is 1. The number of hydrogen-bond acceptors (Lipinski definition) is 4. The molecule has 4 N–H and O–H groups in total. The Morgan fingerprint density at radius 2 is 1.96 bits per heavy atom. The van der Waals surface area contributed by atoms with Gasteiger partial charge in [-0.05, 0) is 29.8 Å². The highest BCUT2D eigenvalue weighted by Gasteiger charge is 2.07. The van der Waals surface area contributed by atoms with Gasteiger partial charge in [0.15, 0.2) is 11.5 Å². The molecule has 0 heterocycles. The fraction of sp³-hybridized carbons (Fsp3) is 0.125. The zero-order valence-corrected chi connectivity index (χ0v) is 13.3. The van der Waals surface area contributed by atoms with Crippen LogP contribution in [0.15, 0.2) is 52.7 Å². The van der Waals surface area contributed by atoms with Crippen molar-refractivity contribution in [2.75, 3.05) is 7.11 Å². The zero-order chi connectivity index (χ0) is 16.7. The van der Waals surface area contributed by atoms with Crippen molar-refractivity contribution in [3.8, 4) is 11.5 Å². The van der Waals surface area contributed by atoms with Crippen molar-refractivity contribution in [2.24, 2.45) is 21.7 Å². The molecular formula is C16H17ClN4O2. The average molecular weight is 333 g/mol. The lowest BCUT2D eigenvalue weighted by Crippen LogP contribution is -2.21. The predicted octanol–water partition coefficient (Wildman–Crippen LogP) is 2.53. The molecule has 0 aliphatic rings. The molecular weight excluding hydrogens is 316 g/mol. The normalized spacial score (nSPS) is 10.5. The highest BCUT2D eigenvalue weighted by molar-refractivity contribution is 6.31. The lowest BCUT2D eigenvalue weighted by Gasteiger charge is -2.12. The third-order valence-corrected chi connectivity index (χ3v) is 3.28. The quantitative estimate of drug-likeness (QED) is 0.482. The second-order valence-corrected chi connectivity index (χ2v) is 4.97. The van der Waals surface area contributed by atoms with Gasteiger partial charge in [-0.1, -0.05) is 29.8 Å². The van der Waals surface area contributed by atoms with Crippen molar-refractivity contribution in [2.45, 2.75) is 6.61 Å². The Morgan fingerprint density at radius 1 is 1.17 bits per heavy atom. The summed E-state index contributed by atoms with van der Waals surface area (Å²) in [7, 11) is 1.56. The van der Waals surface area contributed by atoms with E-state index in [1.807, 2.05) is 30.3 Å². The number of halogens is 1. The van der Waals surface area contributed by atoms with Crippen LogP contribution in [0.4, 0.5) is 0 Å². The van der Waals surface area contributed by atoms with Crippen molar-refractivity contribution in [1.29, 1.82) is 0 Å². The molecule has 2 aromatic carbocycles. The second kappa shape index (κ2) is 8.05. The van der Waals surface area contributed by atoms with E-state index in [9.17, 15) is 0 Å². The van der Waals surface area contributed by atoms with E-state index < -0.39 is 0 Å². The zero-order valence-electron chi connectivity index (χ0n) is 12.6. The maximum Gasteiger partial charge on any atom is 0.211 e. The summed E-state index contributed by atoms with van der Waals surface area (Å²) < 4.78 is 11.1. The molecule has 0 radical (unpaired) electrons. The van der Waals surface area contributed by atoms with Crippen LogP contribution >= 0.6 is 11.6 Å². The van der Waals surface area contributed by atoms with Crippen molar-refractivity contribution >= 4 is 23.8 Å². The van der Waals surface area contributed by atoms with Gasteiger partial charge >= 0.3 is 0 Å². The molecule has 120 valence electrons. The van der Waals surface area contributed by atoms with E-state index in [1.54, 1.807) is 19.2 Å². The molecule has 0 aliphatic carbocycles. The first-order valence-electron chi connectivity index (χ1n) is 6.76. The summed E-state index contributed by atoms with van der Waals surface area (Å²) in [6, 6.07) is 12.9. The first-order chi connectivity index (χ1) is 11.1. The van der Waals surface area contributed by atoms with E-state index in [1.165, 1.54) is 6.21 Å². The van der Waals surface area contributed by atoms with Gasteiger partial charge in [0, 0.05) is 10.6 Å². The molecule has 2 rings (SSSR count). The van der Waals surface area contributed by atoms with Crippen molar-refractivity contribution in [1.82, 2.24) is 0 Å². The molecule has 0 fully saturated rings. The van der Waals surface area contributed by atoms with Gasteiger partial charge in [0.25, 0.3) is 0 Å². The van der Waals surface area contributed by atoms with Crippen LogP contribution in [0.25, 0.3) is 0 Å². The Balaban J connectivity index is 2.12. The van der Waals surface area contributed by atoms with E-state index in [4.69, 9.17) is 32.5 Å². The van der Waals surface area contributed by atoms with Crippen molar-refractivity contribution < 1.29 is 9.47 Å². The first kappa shape index (κ1) is 16.6. The smallest absolute Gasteiger partial charge is 0.211 e. The molecule has 0 unspecified atom stereocenters. The van der Waals surface area contributed by atoms with Gasteiger partial charge < -0.3 is 20.9 Å². The summed E-state index contributed by atoms with van der Waals surface area (Å²) in [6.45, 7) is 0.345. The van der Waals surface area contributed by atoms with Gasteiger partial charge in [0.2, 0.25) is 5.96 Å². The highest BCUT2D eigenvalue weighted by atomic mass is 35.5. The Labute approximate surface area is 139 Å². The lowest BCUT2D eigenvalue weighted by molar-refractivity contribution is 0.284. The van der Waals surface area contributed by atoms with Gasteiger partial charge in [0.05, 0.1) is 13.3 Å². The number of nitrogens with zero attached hydrogens (tertiary/aromatic N) is 2. The van der Waals surface area contributed by atoms with Crippen LogP contribution in [0.3, 0.4) is 0 Å². The summed E-state index contributed by atoms with van der Waals surface area (Å²) in [5.74, 6) is 1.07. The monoisotopic (exact) mass is 332 g/mol. The Bertz CT molecular complexity index is 728. The molecule has 6 nitrogen and oxygen atoms in total. The predicted molar refractivity (Wildman–Crippen MR) is 92.2 cm³/mol. The SMILES string of the molecule is COc1cc(C=NN=C(N)N)ccc1OCc1ccccc1Cl. The maximum absolute atomic E-state index is 6.11. The average Bonchev–Trinajstić information content (AvgIpc) is 2.54. The van der Waals surface area contributed by atoms with Gasteiger partial charge in [-0.3, -0.25) is 0 Å². The lowest BCUT2D eigenvalue weighted by atomic mass is 10.2. The molecule has 0 aliphatic heterocycles. The standard InChI is InChI=1S/C16H17ClN4O2/c1-22-15-8-11(9-20-21-16(18)19)6-7-14(15)23-10-12-4-2-3-5-13(12)17/h2-9H,10H2,1H3,(H4,18,19,21). The fourth-order valence-electron chi connectivity index (χ4n) is 1.82. The minimum absolute atomic E-state index is 0.104. The third kappa shape index (κ3) is 4.89. The van der Waals surface area contributed by atoms with Crippen LogP contribution in [0.1, 0.15) is 11.1 Å². The van der Waals surface area contributed by atoms with Crippen LogP contribution in [-0.2, 0) is 6.61 Å². The van der Waals surface area contributed by atoms with E-state index >= 15 is 0 Å². The van der Waals surface area contributed by atoms with Gasteiger partial charge in [0.1, 0.15) is 6.61 Å². The summed E-state index contributed by atoms with van der Waals surface area (Å²) >= 11 is 6.11. The third-order valence-electron chi connectivity index (χ3n) is 2.91. The second-order valence-electron chi connectivity index (χ2n) is 4.56. The summed E-state index contributed by atoms with van der Waals surface area (Å²) in [6.07, 6.45) is 1.51. The van der Waals surface area contributed by atoms with Gasteiger partial charge in [-0.25, -0.2) is 0 Å². The number of hydrogen-bond donors (Lipinski definition) is 2. The first-order valence-corrected chi connectivity index (χ1v) is 7.14. The van der Waals surface area contributed by atoms with E-state index in [0.717, 1.165) is 11.1 Å². The maximum atomic E-state index is 6.11. The minimum Gasteiger partial charge on any atom is -0.493 e. The molecule has 0 saturated carbocycles. The highest BCUT2D eigenvalue weighted by Crippen LogP contribution is 2.29. The van der Waals surface area contributed by atoms with Crippen LogP contribution in [0, 0.1) is 0 Å². The molecule has 0 aromatic heterocycles. The minimum atomic E-state index is -0.104. The van der Waals surface area contributed by atoms with Crippen LogP contribution in [-0.4, -0.2) is 19.3 Å². The number of nitrogens with two attached hydrogens (primary N) is 2. The number of ether oxygens (including phenoxy) is 2. The van der Waals surface area contributed by atoms with Crippen LogP contribution < -0.4 is 20.9 Å². The Morgan fingerprint density at radius 3 is 2.65 bits per heavy atom. The topological polar surface area (TPSA) is 95.2 Å². The molecule has 0 amide bonds. The fourth-order valence-corrected chi connectivity index (χ4v) is 2.01.